The van der Waals surface area contributed by atoms with Crippen molar-refractivity contribution in [2.45, 2.75) is 32.5 Å². The van der Waals surface area contributed by atoms with Crippen LogP contribution in [0.15, 0.2) is 40.9 Å². The van der Waals surface area contributed by atoms with Gasteiger partial charge in [-0.05, 0) is 70.7 Å². The largest absolute Gasteiger partial charge is 0.454 e. The number of ether oxygens (including phenoxy) is 2. The summed E-state index contributed by atoms with van der Waals surface area (Å²) in [4.78, 5) is 2.53. The Morgan fingerprint density at radius 1 is 0.920 bits per heavy atom. The molecule has 2 aromatic carbocycles. The van der Waals surface area contributed by atoms with Gasteiger partial charge in [0.05, 0.1) is 4.47 Å². The maximum absolute atomic E-state index is 5.47. The zero-order chi connectivity index (χ0) is 17.1. The molecule has 5 heteroatoms. The molecule has 132 valence electrons. The van der Waals surface area contributed by atoms with E-state index in [0.717, 1.165) is 35.6 Å². The predicted molar refractivity (Wildman–Crippen MR) is 102 cm³/mol. The van der Waals surface area contributed by atoms with Crippen molar-refractivity contribution in [1.29, 1.82) is 0 Å². The third-order valence-electron chi connectivity index (χ3n) is 4.77. The lowest BCUT2D eigenvalue weighted by Gasteiger charge is -2.14. The molecule has 0 saturated carbocycles. The Labute approximate surface area is 157 Å². The van der Waals surface area contributed by atoms with Crippen LogP contribution in [-0.2, 0) is 19.6 Å². The molecule has 25 heavy (non-hydrogen) atoms. The number of nitrogens with one attached hydrogen (secondary N) is 1. The Balaban J connectivity index is 1.29. The van der Waals surface area contributed by atoms with Crippen LogP contribution >= 0.6 is 15.9 Å². The van der Waals surface area contributed by atoms with Gasteiger partial charge in [0.2, 0.25) is 6.79 Å². The second-order valence-electron chi connectivity index (χ2n) is 6.71. The minimum atomic E-state index is 0.300. The minimum absolute atomic E-state index is 0.300. The van der Waals surface area contributed by atoms with Gasteiger partial charge in [0.15, 0.2) is 11.5 Å². The summed E-state index contributed by atoms with van der Waals surface area (Å²) in [5.74, 6) is 1.62. The number of hydrogen-bond acceptors (Lipinski definition) is 4. The Kier molecular flexibility index (Phi) is 5.25. The zero-order valence-corrected chi connectivity index (χ0v) is 15.8. The highest BCUT2D eigenvalue weighted by Crippen LogP contribution is 2.39. The molecule has 2 aromatic rings. The number of nitrogens with zero attached hydrogens (tertiary/aromatic N) is 1. The summed E-state index contributed by atoms with van der Waals surface area (Å²) >= 11 is 3.54. The second kappa shape index (κ2) is 7.77. The standard InChI is InChI=1S/C20H23BrN2O2/c21-18-9-17(10-19-20(18)25-14-24-19)12-22-11-15-3-5-16(6-4-15)13-23-7-1-2-8-23/h3-6,9-10,22H,1-2,7-8,11-14H2. The minimum Gasteiger partial charge on any atom is -0.454 e. The van der Waals surface area contributed by atoms with Gasteiger partial charge < -0.3 is 14.8 Å². The average molecular weight is 403 g/mol. The maximum atomic E-state index is 5.47. The smallest absolute Gasteiger partial charge is 0.231 e. The summed E-state index contributed by atoms with van der Waals surface area (Å²) in [6.07, 6.45) is 2.69. The van der Waals surface area contributed by atoms with Gasteiger partial charge in [0, 0.05) is 19.6 Å². The molecule has 1 N–H and O–H groups in total. The van der Waals surface area contributed by atoms with E-state index in [1.54, 1.807) is 0 Å². The van der Waals surface area contributed by atoms with Crippen molar-refractivity contribution in [3.05, 3.63) is 57.6 Å². The third kappa shape index (κ3) is 4.17. The first-order valence-electron chi connectivity index (χ1n) is 8.87. The van der Waals surface area contributed by atoms with Crippen molar-refractivity contribution in [3.8, 4) is 11.5 Å². The van der Waals surface area contributed by atoms with Gasteiger partial charge in [-0.2, -0.15) is 0 Å². The molecular formula is C20H23BrN2O2. The van der Waals surface area contributed by atoms with Gasteiger partial charge >= 0.3 is 0 Å². The summed E-state index contributed by atoms with van der Waals surface area (Å²) in [6, 6.07) is 13.1. The number of benzene rings is 2. The molecule has 0 aromatic heterocycles. The Hall–Kier alpha value is -1.56. The zero-order valence-electron chi connectivity index (χ0n) is 14.3. The molecule has 0 unspecified atom stereocenters. The van der Waals surface area contributed by atoms with Gasteiger partial charge in [-0.1, -0.05) is 24.3 Å². The molecule has 1 saturated heterocycles. The van der Waals surface area contributed by atoms with Gasteiger partial charge in [0.1, 0.15) is 0 Å². The SMILES string of the molecule is Brc1cc(CNCc2ccc(CN3CCCC3)cc2)cc2c1OCO2. The fourth-order valence-electron chi connectivity index (χ4n) is 3.44. The summed E-state index contributed by atoms with van der Waals surface area (Å²) in [7, 11) is 0. The van der Waals surface area contributed by atoms with Crippen LogP contribution in [0.4, 0.5) is 0 Å². The number of likely N-dealkylation sites (tertiary alicyclic amines) is 1. The molecule has 0 bridgehead atoms. The summed E-state index contributed by atoms with van der Waals surface area (Å²) < 4.78 is 11.8. The van der Waals surface area contributed by atoms with Gasteiger partial charge in [-0.15, -0.1) is 0 Å². The molecule has 2 aliphatic rings. The van der Waals surface area contributed by atoms with Crippen molar-refractivity contribution < 1.29 is 9.47 Å². The van der Waals surface area contributed by atoms with Crippen LogP contribution < -0.4 is 14.8 Å². The fourth-order valence-corrected chi connectivity index (χ4v) is 4.04. The molecule has 4 nitrogen and oxygen atoms in total. The highest BCUT2D eigenvalue weighted by atomic mass is 79.9. The van der Waals surface area contributed by atoms with E-state index in [-0.39, 0.29) is 0 Å². The van der Waals surface area contributed by atoms with E-state index < -0.39 is 0 Å². The first-order chi connectivity index (χ1) is 12.3. The number of fused-ring (bicyclic) bond motifs is 1. The highest BCUT2D eigenvalue weighted by Gasteiger charge is 2.17. The lowest BCUT2D eigenvalue weighted by atomic mass is 10.1. The van der Waals surface area contributed by atoms with E-state index in [9.17, 15) is 0 Å². The average Bonchev–Trinajstić information content (AvgIpc) is 3.28. The van der Waals surface area contributed by atoms with Crippen LogP contribution in [0.2, 0.25) is 0 Å². The molecule has 4 rings (SSSR count). The fraction of sp³-hybridized carbons (Fsp3) is 0.400. The molecule has 1 fully saturated rings. The predicted octanol–water partition coefficient (Wildman–Crippen LogP) is 4.06. The quantitative estimate of drug-likeness (QED) is 0.789. The number of rotatable bonds is 6. The lowest BCUT2D eigenvalue weighted by molar-refractivity contribution is 0.173. The molecule has 0 spiro atoms. The molecular weight excluding hydrogens is 380 g/mol. The number of hydrogen-bond donors (Lipinski definition) is 1. The first kappa shape index (κ1) is 16.9. The molecule has 0 amide bonds. The van der Waals surface area contributed by atoms with E-state index in [1.807, 2.05) is 6.07 Å². The highest BCUT2D eigenvalue weighted by molar-refractivity contribution is 9.10. The Morgan fingerprint density at radius 2 is 1.64 bits per heavy atom. The van der Waals surface area contributed by atoms with E-state index >= 15 is 0 Å². The van der Waals surface area contributed by atoms with Crippen molar-refractivity contribution in [2.24, 2.45) is 0 Å². The molecule has 2 aliphatic heterocycles. The Morgan fingerprint density at radius 3 is 2.44 bits per heavy atom. The first-order valence-corrected chi connectivity index (χ1v) is 9.66. The van der Waals surface area contributed by atoms with E-state index in [1.165, 1.54) is 42.6 Å². The van der Waals surface area contributed by atoms with E-state index in [0.29, 0.717) is 6.79 Å². The van der Waals surface area contributed by atoms with Crippen molar-refractivity contribution in [3.63, 3.8) is 0 Å². The van der Waals surface area contributed by atoms with Crippen molar-refractivity contribution >= 4 is 15.9 Å². The van der Waals surface area contributed by atoms with E-state index in [2.05, 4.69) is 56.5 Å². The van der Waals surface area contributed by atoms with Crippen LogP contribution in [0, 0.1) is 0 Å². The van der Waals surface area contributed by atoms with Gasteiger partial charge in [0.25, 0.3) is 0 Å². The van der Waals surface area contributed by atoms with Crippen LogP contribution in [-0.4, -0.2) is 24.8 Å². The lowest BCUT2D eigenvalue weighted by Crippen LogP contribution is -2.18. The molecule has 0 aliphatic carbocycles. The second-order valence-corrected chi connectivity index (χ2v) is 7.57. The topological polar surface area (TPSA) is 33.7 Å². The van der Waals surface area contributed by atoms with Gasteiger partial charge in [-0.25, -0.2) is 0 Å². The summed E-state index contributed by atoms with van der Waals surface area (Å²) in [5, 5.41) is 3.50. The monoisotopic (exact) mass is 402 g/mol. The summed E-state index contributed by atoms with van der Waals surface area (Å²) in [5.41, 5.74) is 3.90. The van der Waals surface area contributed by atoms with Crippen LogP contribution in [0.3, 0.4) is 0 Å². The third-order valence-corrected chi connectivity index (χ3v) is 5.36. The number of halogens is 1. The Bertz CT molecular complexity index is 727. The van der Waals surface area contributed by atoms with Crippen LogP contribution in [0.1, 0.15) is 29.5 Å². The van der Waals surface area contributed by atoms with E-state index in [4.69, 9.17) is 9.47 Å². The molecule has 0 atom stereocenters. The van der Waals surface area contributed by atoms with Crippen molar-refractivity contribution in [1.82, 2.24) is 10.2 Å². The van der Waals surface area contributed by atoms with Gasteiger partial charge in [-0.3, -0.25) is 4.90 Å². The normalized spacial score (nSPS) is 16.5. The molecule has 2 heterocycles. The molecule has 0 radical (unpaired) electrons. The summed E-state index contributed by atoms with van der Waals surface area (Å²) in [6.45, 7) is 5.52. The van der Waals surface area contributed by atoms with Crippen LogP contribution in [0.5, 0.6) is 11.5 Å². The van der Waals surface area contributed by atoms with Crippen LogP contribution in [0.25, 0.3) is 0 Å². The maximum Gasteiger partial charge on any atom is 0.231 e. The van der Waals surface area contributed by atoms with Crippen molar-refractivity contribution in [2.75, 3.05) is 19.9 Å².